The van der Waals surface area contributed by atoms with Crippen LogP contribution in [0.15, 0.2) is 85.1 Å². The molecule has 1 amide bonds. The molecule has 2 aromatic carbocycles. The Morgan fingerprint density at radius 3 is 2.48 bits per heavy atom. The van der Waals surface area contributed by atoms with Crippen LogP contribution in [-0.4, -0.2) is 89.5 Å². The molecule has 1 saturated heterocycles. The largest absolute Gasteiger partial charge is 0.377 e. The van der Waals surface area contributed by atoms with E-state index in [9.17, 15) is 13.4 Å². The fourth-order valence-corrected chi connectivity index (χ4v) is 6.39. The van der Waals surface area contributed by atoms with Crippen LogP contribution in [-0.2, 0) is 22.2 Å². The minimum atomic E-state index is -1.22. The molecule has 10 heteroatoms. The lowest BCUT2D eigenvalue weighted by Crippen LogP contribution is -2.55. The second-order valence-electron chi connectivity index (χ2n) is 11.6. The van der Waals surface area contributed by atoms with Crippen molar-refractivity contribution in [3.63, 3.8) is 0 Å². The number of nitrogens with one attached hydrogen (secondary N) is 2. The summed E-state index contributed by atoms with van der Waals surface area (Å²) in [7, 11) is 0.917. The molecule has 2 aromatic rings. The summed E-state index contributed by atoms with van der Waals surface area (Å²) >= 11 is 6.14. The molecule has 7 nitrogen and oxygen atoms in total. The first-order valence-corrected chi connectivity index (χ1v) is 17.2. The fourth-order valence-electron chi connectivity index (χ4n) is 5.87. The zero-order valence-electron chi connectivity index (χ0n) is 25.8. The third-order valence-corrected chi connectivity index (χ3v) is 9.21. The number of halogens is 2. The molecule has 4 atom stereocenters. The molecule has 0 bridgehead atoms. The highest BCUT2D eigenvalue weighted by atomic mass is 35.5. The van der Waals surface area contributed by atoms with Gasteiger partial charge >= 0.3 is 0 Å². The second-order valence-corrected chi connectivity index (χ2v) is 13.2. The molecule has 2 N–H and O–H groups in total. The van der Waals surface area contributed by atoms with Gasteiger partial charge in [0.05, 0.1) is 17.0 Å². The van der Waals surface area contributed by atoms with Crippen LogP contribution in [0.2, 0.25) is 5.02 Å². The highest BCUT2D eigenvalue weighted by Crippen LogP contribution is 2.25. The van der Waals surface area contributed by atoms with Gasteiger partial charge in [0.15, 0.2) is 0 Å². The number of benzene rings is 2. The van der Waals surface area contributed by atoms with Crippen molar-refractivity contribution in [1.29, 1.82) is 0 Å². The van der Waals surface area contributed by atoms with Crippen molar-refractivity contribution < 1.29 is 13.4 Å². The summed E-state index contributed by atoms with van der Waals surface area (Å²) in [5, 5.41) is 4.16. The smallest absolute Gasteiger partial charge is 0.245 e. The molecule has 0 aromatic heterocycles. The fraction of sp³-hybridized carbons (Fsp3) is 0.441. The SMILES string of the molecule is C=C(CC1C/C=C\C=C/CCN1C)NC(Cc1ccc(Cl)cc1)C(=O)N1CCN(C(CNS(C)=O)c2ccccc2F)CC1. The normalized spacial score (nSPS) is 21.7. The lowest BCUT2D eigenvalue weighted by molar-refractivity contribution is -0.135. The number of nitrogens with zero attached hydrogens (tertiary/aromatic N) is 3. The number of rotatable bonds is 12. The van der Waals surface area contributed by atoms with Gasteiger partial charge in [0.1, 0.15) is 11.9 Å². The zero-order chi connectivity index (χ0) is 31.5. The number of piperazine rings is 1. The molecule has 2 aliphatic heterocycles. The van der Waals surface area contributed by atoms with Crippen LogP contribution in [0.4, 0.5) is 4.39 Å². The molecule has 0 spiro atoms. The Balaban J connectivity index is 1.45. The monoisotopic (exact) mass is 641 g/mol. The molecule has 2 heterocycles. The molecule has 0 radical (unpaired) electrons. The van der Waals surface area contributed by atoms with E-state index in [0.29, 0.717) is 49.7 Å². The van der Waals surface area contributed by atoms with E-state index < -0.39 is 17.0 Å². The van der Waals surface area contributed by atoms with E-state index in [0.717, 1.165) is 37.1 Å². The standard InChI is InChI=1S/C34H45ClFN5O2S/c1-26(23-29-11-7-5-4-6-10-18-39(29)2)38-32(24-27-14-16-28(35)17-15-27)34(42)41-21-19-40(20-22-41)33(25-37-44(3)43)30-12-8-9-13-31(30)36/h4-9,12-17,29,32-33,37-38H,1,10-11,18-25H2,2-3H3/b6-4-,7-5-. The van der Waals surface area contributed by atoms with Crippen molar-refractivity contribution in [2.24, 2.45) is 0 Å². The van der Waals surface area contributed by atoms with Gasteiger partial charge in [0, 0.05) is 80.7 Å². The van der Waals surface area contributed by atoms with Gasteiger partial charge in [0.2, 0.25) is 5.91 Å². The quantitative estimate of drug-likeness (QED) is 0.347. The van der Waals surface area contributed by atoms with Gasteiger partial charge < -0.3 is 15.1 Å². The Morgan fingerprint density at radius 2 is 1.77 bits per heavy atom. The van der Waals surface area contributed by atoms with Crippen molar-refractivity contribution in [1.82, 2.24) is 24.7 Å². The number of carbonyl (C=O) groups excluding carboxylic acids is 1. The molecule has 238 valence electrons. The summed E-state index contributed by atoms with van der Waals surface area (Å²) in [6.45, 7) is 7.82. The first-order chi connectivity index (χ1) is 21.2. The molecule has 2 aliphatic rings. The average Bonchev–Trinajstić information content (AvgIpc) is 3.10. The highest BCUT2D eigenvalue weighted by Gasteiger charge is 2.32. The Bertz CT molecular complexity index is 1330. The summed E-state index contributed by atoms with van der Waals surface area (Å²) in [4.78, 5) is 20.5. The number of allylic oxidation sites excluding steroid dienone is 2. The van der Waals surface area contributed by atoms with Crippen molar-refractivity contribution in [3.8, 4) is 0 Å². The summed E-state index contributed by atoms with van der Waals surface area (Å²) in [5.41, 5.74) is 2.41. The van der Waals surface area contributed by atoms with Gasteiger partial charge in [-0.2, -0.15) is 0 Å². The van der Waals surface area contributed by atoms with E-state index in [4.69, 9.17) is 11.6 Å². The van der Waals surface area contributed by atoms with Gasteiger partial charge in [0.25, 0.3) is 0 Å². The van der Waals surface area contributed by atoms with Crippen LogP contribution in [0.25, 0.3) is 0 Å². The highest BCUT2D eigenvalue weighted by molar-refractivity contribution is 7.82. The van der Waals surface area contributed by atoms with Crippen LogP contribution < -0.4 is 10.0 Å². The Kier molecular flexibility index (Phi) is 13.2. The molecule has 4 rings (SSSR count). The van der Waals surface area contributed by atoms with Gasteiger partial charge in [-0.3, -0.25) is 9.69 Å². The van der Waals surface area contributed by atoms with E-state index in [-0.39, 0.29) is 23.8 Å². The zero-order valence-corrected chi connectivity index (χ0v) is 27.3. The van der Waals surface area contributed by atoms with E-state index >= 15 is 0 Å². The molecular formula is C34H45ClFN5O2S. The molecule has 0 aliphatic carbocycles. The van der Waals surface area contributed by atoms with E-state index in [1.807, 2.05) is 35.2 Å². The van der Waals surface area contributed by atoms with Crippen molar-refractivity contribution >= 4 is 28.5 Å². The Morgan fingerprint density at radius 1 is 1.07 bits per heavy atom. The first-order valence-electron chi connectivity index (χ1n) is 15.3. The number of amides is 1. The van der Waals surface area contributed by atoms with Gasteiger partial charge in [-0.25, -0.2) is 13.3 Å². The molecule has 0 saturated carbocycles. The summed E-state index contributed by atoms with van der Waals surface area (Å²) < 4.78 is 29.6. The van der Waals surface area contributed by atoms with Gasteiger partial charge in [-0.15, -0.1) is 0 Å². The number of carbonyl (C=O) groups is 1. The van der Waals surface area contributed by atoms with Crippen molar-refractivity contribution in [2.45, 2.75) is 43.8 Å². The maximum absolute atomic E-state index is 14.8. The maximum atomic E-state index is 14.8. The van der Waals surface area contributed by atoms with Crippen LogP contribution >= 0.6 is 11.6 Å². The van der Waals surface area contributed by atoms with Crippen LogP contribution in [0.5, 0.6) is 0 Å². The third kappa shape index (κ3) is 10.1. The molecule has 4 unspecified atom stereocenters. The molecular weight excluding hydrogens is 597 g/mol. The minimum absolute atomic E-state index is 0.0166. The maximum Gasteiger partial charge on any atom is 0.245 e. The topological polar surface area (TPSA) is 67.9 Å². The lowest BCUT2D eigenvalue weighted by atomic mass is 10.0. The number of hydrogen-bond acceptors (Lipinski definition) is 5. The van der Waals surface area contributed by atoms with Crippen molar-refractivity contribution in [3.05, 3.63) is 107 Å². The van der Waals surface area contributed by atoms with Crippen LogP contribution in [0.3, 0.4) is 0 Å². The molecule has 44 heavy (non-hydrogen) atoms. The van der Waals surface area contributed by atoms with E-state index in [1.165, 1.54) is 6.07 Å². The van der Waals surface area contributed by atoms with Crippen LogP contribution in [0.1, 0.15) is 36.4 Å². The summed E-state index contributed by atoms with van der Waals surface area (Å²) in [6, 6.07) is 13.8. The Hall–Kier alpha value is -2.82. The second kappa shape index (κ2) is 17.0. The third-order valence-electron chi connectivity index (χ3n) is 8.39. The first kappa shape index (κ1) is 34.1. The average molecular weight is 642 g/mol. The van der Waals surface area contributed by atoms with E-state index in [2.05, 4.69) is 57.8 Å². The van der Waals surface area contributed by atoms with E-state index in [1.54, 1.807) is 18.4 Å². The van der Waals surface area contributed by atoms with Crippen molar-refractivity contribution in [2.75, 3.05) is 52.6 Å². The predicted molar refractivity (Wildman–Crippen MR) is 179 cm³/mol. The molecule has 1 fully saturated rings. The number of hydrogen-bond donors (Lipinski definition) is 2. The lowest BCUT2D eigenvalue weighted by Gasteiger charge is -2.41. The summed E-state index contributed by atoms with van der Waals surface area (Å²) in [5.74, 6) is -0.273. The van der Waals surface area contributed by atoms with Gasteiger partial charge in [-0.05, 0) is 43.7 Å². The predicted octanol–water partition coefficient (Wildman–Crippen LogP) is 4.86. The van der Waals surface area contributed by atoms with Gasteiger partial charge in [-0.1, -0.05) is 72.8 Å². The Labute approximate surface area is 269 Å². The van der Waals surface area contributed by atoms with Crippen LogP contribution in [0, 0.1) is 5.82 Å². The summed E-state index contributed by atoms with van der Waals surface area (Å²) in [6.07, 6.45) is 13.3. The minimum Gasteiger partial charge on any atom is -0.377 e.